The van der Waals surface area contributed by atoms with E-state index in [9.17, 15) is 19.5 Å². The topological polar surface area (TPSA) is 95.5 Å². The van der Waals surface area contributed by atoms with Crippen LogP contribution in [0.1, 0.15) is 38.2 Å². The van der Waals surface area contributed by atoms with Crippen molar-refractivity contribution < 1.29 is 19.5 Å². The van der Waals surface area contributed by atoms with E-state index >= 15 is 0 Å². The standard InChI is InChI=1S/C17H24N2O4/c1-2-11-18-15(20)9-6-10-16(21)19-14(17(22)23)12-13-7-4-3-5-8-13/h3-5,7-8,14H,2,6,9-12H2,1H3,(H,18,20)(H,19,21)(H,22,23). The van der Waals surface area contributed by atoms with Crippen molar-refractivity contribution in [1.82, 2.24) is 10.6 Å². The van der Waals surface area contributed by atoms with Crippen LogP contribution in [0.2, 0.25) is 0 Å². The largest absolute Gasteiger partial charge is 0.480 e. The predicted molar refractivity (Wildman–Crippen MR) is 86.9 cm³/mol. The number of hydrogen-bond donors (Lipinski definition) is 3. The smallest absolute Gasteiger partial charge is 0.326 e. The van der Waals surface area contributed by atoms with Crippen LogP contribution >= 0.6 is 0 Å². The Labute approximate surface area is 136 Å². The molecule has 0 saturated carbocycles. The van der Waals surface area contributed by atoms with Crippen molar-refractivity contribution in [1.29, 1.82) is 0 Å². The van der Waals surface area contributed by atoms with Gasteiger partial charge in [-0.25, -0.2) is 4.79 Å². The van der Waals surface area contributed by atoms with Gasteiger partial charge in [-0.15, -0.1) is 0 Å². The molecule has 0 fully saturated rings. The van der Waals surface area contributed by atoms with Gasteiger partial charge in [-0.2, -0.15) is 0 Å². The second-order valence-corrected chi connectivity index (χ2v) is 5.35. The Bertz CT molecular complexity index is 517. The molecule has 1 rings (SSSR count). The van der Waals surface area contributed by atoms with Crippen molar-refractivity contribution in [3.63, 3.8) is 0 Å². The molecule has 6 nitrogen and oxygen atoms in total. The third-order valence-electron chi connectivity index (χ3n) is 3.30. The lowest BCUT2D eigenvalue weighted by Crippen LogP contribution is -2.42. The summed E-state index contributed by atoms with van der Waals surface area (Å²) in [4.78, 5) is 34.5. The Hall–Kier alpha value is -2.37. The highest BCUT2D eigenvalue weighted by Gasteiger charge is 2.20. The normalized spacial score (nSPS) is 11.5. The lowest BCUT2D eigenvalue weighted by atomic mass is 10.1. The molecule has 1 atom stereocenters. The lowest BCUT2D eigenvalue weighted by Gasteiger charge is -2.14. The van der Waals surface area contributed by atoms with Crippen LogP contribution in [0.4, 0.5) is 0 Å². The fourth-order valence-electron chi connectivity index (χ4n) is 2.08. The van der Waals surface area contributed by atoms with Crippen molar-refractivity contribution in [2.45, 2.75) is 45.1 Å². The quantitative estimate of drug-likeness (QED) is 0.609. The molecule has 0 bridgehead atoms. The van der Waals surface area contributed by atoms with Crippen LogP contribution in [0.5, 0.6) is 0 Å². The minimum absolute atomic E-state index is 0.0845. The Morgan fingerprint density at radius 3 is 2.35 bits per heavy atom. The Balaban J connectivity index is 2.37. The summed E-state index contributed by atoms with van der Waals surface area (Å²) >= 11 is 0. The average molecular weight is 320 g/mol. The highest BCUT2D eigenvalue weighted by molar-refractivity contribution is 5.84. The van der Waals surface area contributed by atoms with Gasteiger partial charge in [0.25, 0.3) is 0 Å². The molecular formula is C17H24N2O4. The van der Waals surface area contributed by atoms with Crippen LogP contribution in [-0.4, -0.2) is 35.5 Å². The second-order valence-electron chi connectivity index (χ2n) is 5.35. The van der Waals surface area contributed by atoms with Gasteiger partial charge in [-0.1, -0.05) is 37.3 Å². The average Bonchev–Trinajstić information content (AvgIpc) is 2.53. The molecule has 0 aliphatic rings. The summed E-state index contributed by atoms with van der Waals surface area (Å²) < 4.78 is 0. The van der Waals surface area contributed by atoms with E-state index in [1.165, 1.54) is 0 Å². The zero-order valence-electron chi connectivity index (χ0n) is 13.4. The first kappa shape index (κ1) is 18.7. The molecule has 0 radical (unpaired) electrons. The first-order valence-corrected chi connectivity index (χ1v) is 7.85. The molecule has 1 aromatic carbocycles. The summed E-state index contributed by atoms with van der Waals surface area (Å²) in [5.41, 5.74) is 0.846. The van der Waals surface area contributed by atoms with E-state index in [4.69, 9.17) is 0 Å². The summed E-state index contributed by atoms with van der Waals surface area (Å²) in [6.07, 6.45) is 1.91. The number of benzene rings is 1. The minimum atomic E-state index is -1.07. The second kappa shape index (κ2) is 10.4. The van der Waals surface area contributed by atoms with Crippen LogP contribution in [-0.2, 0) is 20.8 Å². The van der Waals surface area contributed by atoms with E-state index in [2.05, 4.69) is 10.6 Å². The van der Waals surface area contributed by atoms with Crippen molar-refractivity contribution in [2.75, 3.05) is 6.54 Å². The molecule has 0 aliphatic carbocycles. The fourth-order valence-corrected chi connectivity index (χ4v) is 2.08. The zero-order valence-corrected chi connectivity index (χ0v) is 13.4. The molecule has 0 aliphatic heterocycles. The number of nitrogens with one attached hydrogen (secondary N) is 2. The van der Waals surface area contributed by atoms with Crippen molar-refractivity contribution >= 4 is 17.8 Å². The Morgan fingerprint density at radius 1 is 1.09 bits per heavy atom. The number of hydrogen-bond acceptors (Lipinski definition) is 3. The molecule has 126 valence electrons. The number of carboxylic acids is 1. The third-order valence-corrected chi connectivity index (χ3v) is 3.30. The summed E-state index contributed by atoms with van der Waals surface area (Å²) in [6, 6.07) is 8.18. The van der Waals surface area contributed by atoms with Crippen LogP contribution < -0.4 is 10.6 Å². The summed E-state index contributed by atoms with van der Waals surface area (Å²) in [7, 11) is 0. The van der Waals surface area contributed by atoms with E-state index in [-0.39, 0.29) is 31.1 Å². The maximum absolute atomic E-state index is 11.8. The van der Waals surface area contributed by atoms with Crippen molar-refractivity contribution in [2.24, 2.45) is 0 Å². The van der Waals surface area contributed by atoms with Crippen LogP contribution in [0.25, 0.3) is 0 Å². The number of rotatable bonds is 10. The van der Waals surface area contributed by atoms with Gasteiger partial charge in [0.05, 0.1) is 0 Å². The monoisotopic (exact) mass is 320 g/mol. The maximum Gasteiger partial charge on any atom is 0.326 e. The molecular weight excluding hydrogens is 296 g/mol. The number of amides is 2. The van der Waals surface area contributed by atoms with Gasteiger partial charge in [0.1, 0.15) is 6.04 Å². The first-order chi connectivity index (χ1) is 11.0. The maximum atomic E-state index is 11.8. The van der Waals surface area contributed by atoms with Gasteiger partial charge >= 0.3 is 5.97 Å². The van der Waals surface area contributed by atoms with E-state index in [0.29, 0.717) is 13.0 Å². The van der Waals surface area contributed by atoms with E-state index in [1.54, 1.807) is 0 Å². The molecule has 0 heterocycles. The van der Waals surface area contributed by atoms with Gasteiger partial charge in [0, 0.05) is 25.8 Å². The molecule has 1 unspecified atom stereocenters. The minimum Gasteiger partial charge on any atom is -0.480 e. The van der Waals surface area contributed by atoms with E-state index in [1.807, 2.05) is 37.3 Å². The Morgan fingerprint density at radius 2 is 1.74 bits per heavy atom. The van der Waals surface area contributed by atoms with Crippen LogP contribution in [0, 0.1) is 0 Å². The highest BCUT2D eigenvalue weighted by atomic mass is 16.4. The van der Waals surface area contributed by atoms with E-state index in [0.717, 1.165) is 12.0 Å². The van der Waals surface area contributed by atoms with Gasteiger partial charge in [-0.3, -0.25) is 9.59 Å². The molecule has 2 amide bonds. The van der Waals surface area contributed by atoms with Crippen molar-refractivity contribution in [3.8, 4) is 0 Å². The first-order valence-electron chi connectivity index (χ1n) is 7.85. The fraction of sp³-hybridized carbons (Fsp3) is 0.471. The number of carbonyl (C=O) groups excluding carboxylic acids is 2. The molecule has 23 heavy (non-hydrogen) atoms. The van der Waals surface area contributed by atoms with Crippen LogP contribution in [0.15, 0.2) is 30.3 Å². The summed E-state index contributed by atoms with van der Waals surface area (Å²) in [5.74, 6) is -1.50. The predicted octanol–water partition coefficient (Wildman–Crippen LogP) is 1.49. The molecule has 0 spiro atoms. The molecule has 3 N–H and O–H groups in total. The SMILES string of the molecule is CCCNC(=O)CCCC(=O)NC(Cc1ccccc1)C(=O)O. The number of carbonyl (C=O) groups is 3. The zero-order chi connectivity index (χ0) is 17.1. The van der Waals surface area contributed by atoms with Crippen LogP contribution in [0.3, 0.4) is 0 Å². The van der Waals surface area contributed by atoms with Gasteiger partial charge in [0.2, 0.25) is 11.8 Å². The number of carboxylic acid groups (broad SMARTS) is 1. The van der Waals surface area contributed by atoms with Gasteiger partial charge < -0.3 is 15.7 Å². The highest BCUT2D eigenvalue weighted by Crippen LogP contribution is 2.04. The Kier molecular flexibility index (Phi) is 8.42. The summed E-state index contributed by atoms with van der Waals surface area (Å²) in [5, 5.41) is 14.5. The van der Waals surface area contributed by atoms with Gasteiger partial charge in [0.15, 0.2) is 0 Å². The summed E-state index contributed by atoms with van der Waals surface area (Å²) in [6.45, 7) is 2.59. The van der Waals surface area contributed by atoms with E-state index < -0.39 is 12.0 Å². The molecule has 6 heteroatoms. The number of aliphatic carboxylic acids is 1. The molecule has 0 aromatic heterocycles. The third kappa shape index (κ3) is 7.99. The van der Waals surface area contributed by atoms with Crippen molar-refractivity contribution in [3.05, 3.63) is 35.9 Å². The molecule has 1 aromatic rings. The van der Waals surface area contributed by atoms with Gasteiger partial charge in [-0.05, 0) is 18.4 Å². The molecule has 0 saturated heterocycles. The lowest BCUT2D eigenvalue weighted by molar-refractivity contribution is -0.141.